The summed E-state index contributed by atoms with van der Waals surface area (Å²) in [4.78, 5) is 4.41. The van der Waals surface area contributed by atoms with E-state index in [2.05, 4.69) is 29.4 Å². The molecule has 1 aromatic carbocycles. The quantitative estimate of drug-likeness (QED) is 0.790. The molecule has 5 heteroatoms. The number of aromatic nitrogens is 1. The van der Waals surface area contributed by atoms with E-state index in [1.807, 2.05) is 26.0 Å². The number of nitrogens with one attached hydrogen (secondary N) is 1. The highest BCUT2D eigenvalue weighted by molar-refractivity contribution is 7.99. The second-order valence-corrected chi connectivity index (χ2v) is 5.79. The third-order valence-corrected chi connectivity index (χ3v) is 4.27. The topological polar surface area (TPSA) is 47.3 Å². The first-order valence-electron chi connectivity index (χ1n) is 7.08. The van der Waals surface area contributed by atoms with Crippen LogP contribution in [0.1, 0.15) is 30.0 Å². The highest BCUT2D eigenvalue weighted by Crippen LogP contribution is 2.26. The van der Waals surface area contributed by atoms with Crippen LogP contribution in [0.2, 0.25) is 0 Å². The van der Waals surface area contributed by atoms with Crippen LogP contribution >= 0.6 is 11.8 Å². The summed E-state index contributed by atoms with van der Waals surface area (Å²) in [7, 11) is 1.68. The lowest BCUT2D eigenvalue weighted by Crippen LogP contribution is -2.22. The van der Waals surface area contributed by atoms with E-state index < -0.39 is 0 Å². The van der Waals surface area contributed by atoms with Gasteiger partial charge in [-0.15, -0.1) is 0 Å². The minimum atomic E-state index is 0.262. The Morgan fingerprint density at radius 3 is 2.52 bits per heavy atom. The Morgan fingerprint density at radius 2 is 2.00 bits per heavy atom. The summed E-state index contributed by atoms with van der Waals surface area (Å²) < 4.78 is 10.8. The summed E-state index contributed by atoms with van der Waals surface area (Å²) in [6, 6.07) is 8.43. The number of methoxy groups -OCH3 is 1. The fraction of sp³-hybridized carbons (Fsp3) is 0.438. The molecule has 21 heavy (non-hydrogen) atoms. The minimum absolute atomic E-state index is 0.262. The molecule has 0 saturated heterocycles. The van der Waals surface area contributed by atoms with Crippen molar-refractivity contribution < 1.29 is 9.15 Å². The van der Waals surface area contributed by atoms with Gasteiger partial charge in [0.15, 0.2) is 0 Å². The average molecular weight is 306 g/mol. The van der Waals surface area contributed by atoms with Crippen LogP contribution in [0.4, 0.5) is 0 Å². The van der Waals surface area contributed by atoms with Gasteiger partial charge in [-0.3, -0.25) is 0 Å². The number of benzene rings is 1. The third-order valence-electron chi connectivity index (χ3n) is 3.35. The van der Waals surface area contributed by atoms with Gasteiger partial charge in [-0.05, 0) is 38.1 Å². The zero-order chi connectivity index (χ0) is 15.2. The molecule has 0 aliphatic heterocycles. The van der Waals surface area contributed by atoms with Gasteiger partial charge in [-0.1, -0.05) is 30.8 Å². The van der Waals surface area contributed by atoms with Crippen LogP contribution in [0, 0.1) is 13.8 Å². The number of hydrogen-bond acceptors (Lipinski definition) is 5. The lowest BCUT2D eigenvalue weighted by molar-refractivity contribution is 0.414. The molecule has 2 aromatic rings. The Kier molecular flexibility index (Phi) is 5.70. The predicted octanol–water partition coefficient (Wildman–Crippen LogP) is 3.74. The number of aryl methyl sites for hydroxylation is 2. The second-order valence-electron chi connectivity index (χ2n) is 4.82. The van der Waals surface area contributed by atoms with Crippen molar-refractivity contribution in [3.05, 3.63) is 41.3 Å². The molecule has 1 heterocycles. The van der Waals surface area contributed by atoms with Gasteiger partial charge in [-0.25, -0.2) is 4.98 Å². The van der Waals surface area contributed by atoms with Crippen LogP contribution < -0.4 is 10.1 Å². The van der Waals surface area contributed by atoms with Crippen molar-refractivity contribution in [2.75, 3.05) is 19.4 Å². The monoisotopic (exact) mass is 306 g/mol. The first-order valence-corrected chi connectivity index (χ1v) is 8.06. The van der Waals surface area contributed by atoms with Crippen molar-refractivity contribution >= 4 is 11.8 Å². The highest BCUT2D eigenvalue weighted by Gasteiger charge is 2.14. The first kappa shape index (κ1) is 15.9. The molecular formula is C16H22N2O2S. The van der Waals surface area contributed by atoms with E-state index >= 15 is 0 Å². The number of hydrogen-bond donors (Lipinski definition) is 1. The molecule has 1 N–H and O–H groups in total. The number of nitrogens with zero attached hydrogens (tertiary/aromatic N) is 1. The SMILES string of the molecule is CCNC(CSc1nc(C)c(C)o1)c1ccc(OC)cc1. The smallest absolute Gasteiger partial charge is 0.256 e. The number of ether oxygens (including phenoxy) is 1. The molecule has 4 nitrogen and oxygen atoms in total. The van der Waals surface area contributed by atoms with Crippen molar-refractivity contribution in [2.24, 2.45) is 0 Å². The molecule has 2 rings (SSSR count). The van der Waals surface area contributed by atoms with Crippen LogP contribution in [-0.4, -0.2) is 24.4 Å². The van der Waals surface area contributed by atoms with Crippen molar-refractivity contribution in [2.45, 2.75) is 32.0 Å². The summed E-state index contributed by atoms with van der Waals surface area (Å²) >= 11 is 1.64. The Bertz CT molecular complexity index is 547. The molecule has 1 aromatic heterocycles. The molecule has 114 valence electrons. The molecule has 1 unspecified atom stereocenters. The molecule has 0 bridgehead atoms. The maximum atomic E-state index is 5.62. The van der Waals surface area contributed by atoms with E-state index in [4.69, 9.17) is 9.15 Å². The fourth-order valence-electron chi connectivity index (χ4n) is 2.02. The summed E-state index contributed by atoms with van der Waals surface area (Å²) in [6.07, 6.45) is 0. The predicted molar refractivity (Wildman–Crippen MR) is 86.1 cm³/mol. The molecule has 0 amide bonds. The van der Waals surface area contributed by atoms with Crippen molar-refractivity contribution in [1.82, 2.24) is 10.3 Å². The molecule has 0 aliphatic carbocycles. The maximum Gasteiger partial charge on any atom is 0.256 e. The molecule has 0 saturated carbocycles. The first-order chi connectivity index (χ1) is 10.1. The minimum Gasteiger partial charge on any atom is -0.497 e. The lowest BCUT2D eigenvalue weighted by Gasteiger charge is -2.17. The zero-order valence-electron chi connectivity index (χ0n) is 13.0. The molecule has 0 spiro atoms. The van der Waals surface area contributed by atoms with Crippen LogP contribution in [0.5, 0.6) is 5.75 Å². The van der Waals surface area contributed by atoms with Crippen LogP contribution in [0.15, 0.2) is 33.9 Å². The normalized spacial score (nSPS) is 12.4. The largest absolute Gasteiger partial charge is 0.497 e. The Morgan fingerprint density at radius 1 is 1.29 bits per heavy atom. The summed E-state index contributed by atoms with van der Waals surface area (Å²) in [5, 5.41) is 4.23. The van der Waals surface area contributed by atoms with Gasteiger partial charge in [0.1, 0.15) is 11.5 Å². The van der Waals surface area contributed by atoms with E-state index in [-0.39, 0.29) is 6.04 Å². The van der Waals surface area contributed by atoms with Crippen molar-refractivity contribution in [3.63, 3.8) is 0 Å². The maximum absolute atomic E-state index is 5.62. The molecule has 0 fully saturated rings. The van der Waals surface area contributed by atoms with E-state index in [1.165, 1.54) is 5.56 Å². The Hall–Kier alpha value is -1.46. The van der Waals surface area contributed by atoms with Gasteiger partial charge >= 0.3 is 0 Å². The molecular weight excluding hydrogens is 284 g/mol. The van der Waals surface area contributed by atoms with Crippen LogP contribution in [-0.2, 0) is 0 Å². The molecule has 0 radical (unpaired) electrons. The zero-order valence-corrected chi connectivity index (χ0v) is 13.8. The highest BCUT2D eigenvalue weighted by atomic mass is 32.2. The van der Waals surface area contributed by atoms with E-state index in [0.717, 1.165) is 34.7 Å². The summed E-state index contributed by atoms with van der Waals surface area (Å²) in [6.45, 7) is 6.94. The van der Waals surface area contributed by atoms with Crippen molar-refractivity contribution in [3.8, 4) is 5.75 Å². The summed E-state index contributed by atoms with van der Waals surface area (Å²) in [5.74, 6) is 2.64. The van der Waals surface area contributed by atoms with Crippen LogP contribution in [0.3, 0.4) is 0 Å². The van der Waals surface area contributed by atoms with E-state index in [9.17, 15) is 0 Å². The van der Waals surface area contributed by atoms with Crippen molar-refractivity contribution in [1.29, 1.82) is 0 Å². The van der Waals surface area contributed by atoms with E-state index in [1.54, 1.807) is 18.9 Å². The van der Waals surface area contributed by atoms with Gasteiger partial charge in [0, 0.05) is 11.8 Å². The molecule has 0 aliphatic rings. The number of thioether (sulfide) groups is 1. The Labute approximate surface area is 130 Å². The summed E-state index contributed by atoms with van der Waals surface area (Å²) in [5.41, 5.74) is 2.20. The third kappa shape index (κ3) is 4.25. The molecule has 1 atom stereocenters. The van der Waals surface area contributed by atoms with Gasteiger partial charge < -0.3 is 14.5 Å². The van der Waals surface area contributed by atoms with Gasteiger partial charge in [0.05, 0.1) is 12.8 Å². The lowest BCUT2D eigenvalue weighted by atomic mass is 10.1. The van der Waals surface area contributed by atoms with Crippen LogP contribution in [0.25, 0.3) is 0 Å². The average Bonchev–Trinajstić information content (AvgIpc) is 2.82. The van der Waals surface area contributed by atoms with E-state index in [0.29, 0.717) is 0 Å². The number of oxazole rings is 1. The van der Waals surface area contributed by atoms with Gasteiger partial charge in [0.2, 0.25) is 0 Å². The Balaban J connectivity index is 2.03. The standard InChI is InChI=1S/C16H22N2O2S/c1-5-17-15(13-6-8-14(19-4)9-7-13)10-21-16-18-11(2)12(3)20-16/h6-9,15,17H,5,10H2,1-4H3. The second kappa shape index (κ2) is 7.52. The van der Waals surface area contributed by atoms with Gasteiger partial charge in [-0.2, -0.15) is 0 Å². The fourth-order valence-corrected chi connectivity index (χ4v) is 3.02. The van der Waals surface area contributed by atoms with Gasteiger partial charge in [0.25, 0.3) is 5.22 Å². The number of rotatable bonds is 7.